The summed E-state index contributed by atoms with van der Waals surface area (Å²) < 4.78 is 0. The van der Waals surface area contributed by atoms with E-state index >= 15 is 0 Å². The van der Waals surface area contributed by atoms with E-state index in [0.717, 1.165) is 66.8 Å². The van der Waals surface area contributed by atoms with Gasteiger partial charge in [-0.2, -0.15) is 0 Å². The Kier molecular flexibility index (Phi) is 6.98. The fraction of sp³-hybridized carbons (Fsp3) is 0.214. The van der Waals surface area contributed by atoms with Crippen LogP contribution in [0.2, 0.25) is 0 Å². The molecule has 0 aliphatic carbocycles. The molecule has 1 aliphatic heterocycles. The molecule has 172 valence electrons. The third-order valence-corrected chi connectivity index (χ3v) is 6.93. The minimum Gasteiger partial charge on any atom is -0.339 e. The molecule has 4 aromatic rings. The van der Waals surface area contributed by atoms with E-state index in [1.807, 2.05) is 41.3 Å². The molecule has 3 aromatic carbocycles. The number of nitrogens with one attached hydrogen (secondary N) is 1. The molecule has 1 fully saturated rings. The molecule has 1 aliphatic rings. The molecular formula is C28H28N4OS. The van der Waals surface area contributed by atoms with Gasteiger partial charge in [-0.15, -0.1) is 11.3 Å². The highest BCUT2D eigenvalue weighted by molar-refractivity contribution is 7.14. The number of hydrogen-bond acceptors (Lipinski definition) is 5. The van der Waals surface area contributed by atoms with Crippen LogP contribution >= 0.6 is 11.3 Å². The summed E-state index contributed by atoms with van der Waals surface area (Å²) in [6, 6.07) is 28.8. The molecule has 0 spiro atoms. The number of rotatable bonds is 7. The monoisotopic (exact) mass is 468 g/mol. The number of benzene rings is 3. The molecule has 1 saturated heterocycles. The van der Waals surface area contributed by atoms with Crippen molar-refractivity contribution in [1.82, 2.24) is 15.2 Å². The Hall–Kier alpha value is -3.48. The van der Waals surface area contributed by atoms with Crippen molar-refractivity contribution in [2.45, 2.75) is 13.1 Å². The molecule has 34 heavy (non-hydrogen) atoms. The number of nitrogens with zero attached hydrogens (tertiary/aromatic N) is 3. The molecule has 1 N–H and O–H groups in total. The van der Waals surface area contributed by atoms with Crippen LogP contribution in [0.1, 0.15) is 21.5 Å². The van der Waals surface area contributed by atoms with E-state index in [4.69, 9.17) is 4.98 Å². The summed E-state index contributed by atoms with van der Waals surface area (Å²) >= 11 is 1.67. The summed E-state index contributed by atoms with van der Waals surface area (Å²) in [7, 11) is 0. The molecule has 2 heterocycles. The number of thiazole rings is 1. The summed E-state index contributed by atoms with van der Waals surface area (Å²) in [6.45, 7) is 4.73. The van der Waals surface area contributed by atoms with Crippen molar-refractivity contribution in [3.8, 4) is 11.3 Å². The molecule has 1 aromatic heterocycles. The van der Waals surface area contributed by atoms with Gasteiger partial charge >= 0.3 is 0 Å². The predicted octanol–water partition coefficient (Wildman–Crippen LogP) is 5.06. The highest BCUT2D eigenvalue weighted by atomic mass is 32.1. The van der Waals surface area contributed by atoms with Crippen molar-refractivity contribution in [3.05, 3.63) is 107 Å². The van der Waals surface area contributed by atoms with Crippen molar-refractivity contribution in [2.24, 2.45) is 0 Å². The second-order valence-electron chi connectivity index (χ2n) is 8.46. The van der Waals surface area contributed by atoms with Crippen LogP contribution in [-0.4, -0.2) is 42.0 Å². The van der Waals surface area contributed by atoms with Crippen LogP contribution in [0.15, 0.2) is 90.3 Å². The summed E-state index contributed by atoms with van der Waals surface area (Å²) in [4.78, 5) is 22.0. The average Bonchev–Trinajstić information content (AvgIpc) is 3.40. The lowest BCUT2D eigenvalue weighted by Gasteiger charge is -2.27. The molecule has 0 bridgehead atoms. The van der Waals surface area contributed by atoms with Gasteiger partial charge in [0.1, 0.15) is 0 Å². The van der Waals surface area contributed by atoms with Crippen molar-refractivity contribution in [1.29, 1.82) is 0 Å². The first kappa shape index (κ1) is 22.3. The van der Waals surface area contributed by atoms with Crippen LogP contribution in [0.25, 0.3) is 11.3 Å². The van der Waals surface area contributed by atoms with Gasteiger partial charge in [0.05, 0.1) is 5.69 Å². The van der Waals surface area contributed by atoms with Gasteiger partial charge in [0.25, 0.3) is 5.91 Å². The molecule has 5 rings (SSSR count). The third kappa shape index (κ3) is 5.35. The maximum atomic E-state index is 12.8. The second kappa shape index (κ2) is 10.6. The quantitative estimate of drug-likeness (QED) is 0.412. The zero-order valence-corrected chi connectivity index (χ0v) is 19.9. The van der Waals surface area contributed by atoms with Gasteiger partial charge in [0.15, 0.2) is 5.13 Å². The Labute approximate surface area is 204 Å². The Morgan fingerprint density at radius 1 is 0.853 bits per heavy atom. The van der Waals surface area contributed by atoms with E-state index in [-0.39, 0.29) is 5.91 Å². The predicted molar refractivity (Wildman–Crippen MR) is 139 cm³/mol. The normalized spacial score (nSPS) is 13.6. The minimum atomic E-state index is 0.113. The number of carbonyl (C=O) groups excluding carboxylic acids is 1. The van der Waals surface area contributed by atoms with Crippen LogP contribution in [0.4, 0.5) is 5.13 Å². The Balaban J connectivity index is 1.35. The Morgan fingerprint density at radius 3 is 2.15 bits per heavy atom. The van der Waals surface area contributed by atoms with Crippen LogP contribution in [0, 0.1) is 0 Å². The maximum Gasteiger partial charge on any atom is 0.253 e. The van der Waals surface area contributed by atoms with Crippen molar-refractivity contribution < 1.29 is 4.79 Å². The van der Waals surface area contributed by atoms with Crippen LogP contribution in [0.3, 0.4) is 0 Å². The minimum absolute atomic E-state index is 0.113. The van der Waals surface area contributed by atoms with Gasteiger partial charge in [-0.3, -0.25) is 4.79 Å². The zero-order valence-electron chi connectivity index (χ0n) is 19.1. The molecule has 0 saturated carbocycles. The molecule has 6 heteroatoms. The van der Waals surface area contributed by atoms with E-state index in [2.05, 4.69) is 64.1 Å². The largest absolute Gasteiger partial charge is 0.339 e. The summed E-state index contributed by atoms with van der Waals surface area (Å²) in [6.07, 6.45) is 0. The Bertz CT molecular complexity index is 1200. The van der Waals surface area contributed by atoms with Gasteiger partial charge in [0, 0.05) is 55.8 Å². The number of carbonyl (C=O) groups is 1. The Morgan fingerprint density at radius 2 is 1.47 bits per heavy atom. The molecule has 0 atom stereocenters. The lowest BCUT2D eigenvalue weighted by molar-refractivity contribution is 0.0736. The number of amides is 1. The summed E-state index contributed by atoms with van der Waals surface area (Å²) in [5.41, 5.74) is 5.27. The van der Waals surface area contributed by atoms with Gasteiger partial charge in [0.2, 0.25) is 0 Å². The highest BCUT2D eigenvalue weighted by Crippen LogP contribution is 2.29. The van der Waals surface area contributed by atoms with Gasteiger partial charge < -0.3 is 15.1 Å². The molecular weight excluding hydrogens is 440 g/mol. The first-order chi connectivity index (χ1) is 16.8. The first-order valence-electron chi connectivity index (χ1n) is 11.6. The zero-order chi connectivity index (χ0) is 23.2. The highest BCUT2D eigenvalue weighted by Gasteiger charge is 2.18. The third-order valence-electron chi connectivity index (χ3n) is 6.03. The SMILES string of the molecule is O=C(c1ccc(CN(Cc2ccccc2)c2nc(-c3ccccc3)cs2)cc1)N1CCNCC1. The van der Waals surface area contributed by atoms with Gasteiger partial charge in [-0.05, 0) is 23.3 Å². The summed E-state index contributed by atoms with van der Waals surface area (Å²) in [5, 5.41) is 6.41. The standard InChI is InChI=1S/C28H28N4OS/c33-27(31-17-15-29-16-18-31)25-13-11-23(12-14-25)20-32(19-22-7-3-1-4-8-22)28-30-26(21-34-28)24-9-5-2-6-10-24/h1-14,21,29H,15-20H2. The lowest BCUT2D eigenvalue weighted by atomic mass is 10.1. The van der Waals surface area contributed by atoms with E-state index < -0.39 is 0 Å². The molecule has 0 radical (unpaired) electrons. The lowest BCUT2D eigenvalue weighted by Crippen LogP contribution is -2.46. The van der Waals surface area contributed by atoms with Crippen LogP contribution in [-0.2, 0) is 13.1 Å². The van der Waals surface area contributed by atoms with E-state index in [9.17, 15) is 4.79 Å². The average molecular weight is 469 g/mol. The molecule has 0 unspecified atom stereocenters. The summed E-state index contributed by atoms with van der Waals surface area (Å²) in [5.74, 6) is 0.113. The van der Waals surface area contributed by atoms with E-state index in [0.29, 0.717) is 0 Å². The van der Waals surface area contributed by atoms with E-state index in [1.165, 1.54) is 5.56 Å². The van der Waals surface area contributed by atoms with Crippen LogP contribution in [0.5, 0.6) is 0 Å². The number of piperazine rings is 1. The van der Waals surface area contributed by atoms with Crippen molar-refractivity contribution >= 4 is 22.4 Å². The fourth-order valence-electron chi connectivity index (χ4n) is 4.17. The molecule has 5 nitrogen and oxygen atoms in total. The smallest absolute Gasteiger partial charge is 0.253 e. The molecule has 1 amide bonds. The number of hydrogen-bond donors (Lipinski definition) is 1. The fourth-order valence-corrected chi connectivity index (χ4v) is 5.00. The number of aromatic nitrogens is 1. The van der Waals surface area contributed by atoms with Gasteiger partial charge in [-0.1, -0.05) is 72.8 Å². The van der Waals surface area contributed by atoms with Crippen LogP contribution < -0.4 is 10.2 Å². The van der Waals surface area contributed by atoms with Crippen molar-refractivity contribution in [2.75, 3.05) is 31.1 Å². The maximum absolute atomic E-state index is 12.8. The second-order valence-corrected chi connectivity index (χ2v) is 9.30. The van der Waals surface area contributed by atoms with Gasteiger partial charge in [-0.25, -0.2) is 4.98 Å². The van der Waals surface area contributed by atoms with Crippen molar-refractivity contribution in [3.63, 3.8) is 0 Å². The number of anilines is 1. The van der Waals surface area contributed by atoms with E-state index in [1.54, 1.807) is 11.3 Å². The first-order valence-corrected chi connectivity index (χ1v) is 12.5. The topological polar surface area (TPSA) is 48.5 Å².